The van der Waals surface area contributed by atoms with Crippen LogP contribution in [0.4, 0.5) is 4.39 Å². The number of benzene rings is 1. The highest BCUT2D eigenvalue weighted by Crippen LogP contribution is 2.23. The maximum atomic E-state index is 13.0. The fourth-order valence-corrected chi connectivity index (χ4v) is 2.89. The Labute approximate surface area is 153 Å². The molecular formula is C21H24FN3O. The van der Waals surface area contributed by atoms with Crippen LogP contribution in [0.5, 0.6) is 0 Å². The van der Waals surface area contributed by atoms with E-state index in [-0.39, 0.29) is 11.2 Å². The van der Waals surface area contributed by atoms with E-state index in [9.17, 15) is 9.50 Å². The molecule has 5 heteroatoms. The Morgan fingerprint density at radius 2 is 1.77 bits per heavy atom. The number of aliphatic hydroxyl groups excluding tert-OH is 1. The predicted octanol–water partition coefficient (Wildman–Crippen LogP) is 4.48. The van der Waals surface area contributed by atoms with Crippen molar-refractivity contribution in [2.75, 3.05) is 0 Å². The number of halogens is 1. The summed E-state index contributed by atoms with van der Waals surface area (Å²) in [5, 5.41) is 10.5. The highest BCUT2D eigenvalue weighted by atomic mass is 19.1. The van der Waals surface area contributed by atoms with Gasteiger partial charge in [0.15, 0.2) is 0 Å². The van der Waals surface area contributed by atoms with E-state index in [0.29, 0.717) is 12.1 Å². The van der Waals surface area contributed by atoms with Crippen molar-refractivity contribution < 1.29 is 9.50 Å². The second-order valence-electron chi connectivity index (χ2n) is 7.80. The van der Waals surface area contributed by atoms with Gasteiger partial charge in [0.25, 0.3) is 0 Å². The van der Waals surface area contributed by atoms with Crippen molar-refractivity contribution in [3.8, 4) is 11.3 Å². The monoisotopic (exact) mass is 353 g/mol. The van der Waals surface area contributed by atoms with Crippen LogP contribution in [0.3, 0.4) is 0 Å². The van der Waals surface area contributed by atoms with Crippen LogP contribution in [-0.4, -0.2) is 20.1 Å². The minimum atomic E-state index is -0.640. The van der Waals surface area contributed by atoms with Crippen LogP contribution in [0.2, 0.25) is 0 Å². The predicted molar refractivity (Wildman–Crippen MR) is 100 cm³/mol. The maximum absolute atomic E-state index is 13.0. The van der Waals surface area contributed by atoms with E-state index in [1.807, 2.05) is 30.5 Å². The van der Waals surface area contributed by atoms with Crippen LogP contribution in [0.15, 0.2) is 48.8 Å². The molecule has 2 heterocycles. The van der Waals surface area contributed by atoms with Crippen LogP contribution in [0, 0.1) is 11.2 Å². The number of aromatic amines is 1. The molecular weight excluding hydrogens is 329 g/mol. The summed E-state index contributed by atoms with van der Waals surface area (Å²) in [6, 6.07) is 10.5. The molecule has 26 heavy (non-hydrogen) atoms. The lowest BCUT2D eigenvalue weighted by Crippen LogP contribution is -2.09. The Kier molecular flexibility index (Phi) is 5.18. The number of H-pyrrole nitrogens is 1. The number of nitrogens with one attached hydrogen (secondary N) is 1. The van der Waals surface area contributed by atoms with Gasteiger partial charge in [0, 0.05) is 23.9 Å². The van der Waals surface area contributed by atoms with Crippen molar-refractivity contribution in [3.05, 3.63) is 71.7 Å². The van der Waals surface area contributed by atoms with Crippen molar-refractivity contribution in [2.45, 2.75) is 39.7 Å². The van der Waals surface area contributed by atoms with Gasteiger partial charge in [-0.2, -0.15) is 0 Å². The number of rotatable bonds is 5. The van der Waals surface area contributed by atoms with Gasteiger partial charge in [-0.15, -0.1) is 0 Å². The molecule has 4 nitrogen and oxygen atoms in total. The molecule has 0 radical (unpaired) electrons. The summed E-state index contributed by atoms with van der Waals surface area (Å²) < 4.78 is 13.0. The van der Waals surface area contributed by atoms with Crippen LogP contribution in [0.1, 0.15) is 44.0 Å². The zero-order chi connectivity index (χ0) is 18.7. The number of hydrogen-bond acceptors (Lipinski definition) is 3. The summed E-state index contributed by atoms with van der Waals surface area (Å²) in [6.07, 6.45) is 3.74. The molecule has 2 N–H and O–H groups in total. The Balaban J connectivity index is 1.66. The molecule has 0 fully saturated rings. The van der Waals surface area contributed by atoms with E-state index >= 15 is 0 Å². The van der Waals surface area contributed by atoms with Crippen LogP contribution in [0.25, 0.3) is 11.3 Å². The fraction of sp³-hybridized carbons (Fsp3) is 0.333. The highest BCUT2D eigenvalue weighted by molar-refractivity contribution is 5.59. The molecule has 136 valence electrons. The molecule has 0 aliphatic rings. The summed E-state index contributed by atoms with van der Waals surface area (Å²) in [7, 11) is 0. The number of aliphatic hydroxyl groups is 1. The Bertz CT molecular complexity index is 848. The van der Waals surface area contributed by atoms with Gasteiger partial charge in [-0.25, -0.2) is 9.37 Å². The van der Waals surface area contributed by atoms with Gasteiger partial charge in [-0.1, -0.05) is 45.0 Å². The van der Waals surface area contributed by atoms with Crippen molar-refractivity contribution in [3.63, 3.8) is 0 Å². The van der Waals surface area contributed by atoms with Gasteiger partial charge in [0.1, 0.15) is 11.6 Å². The number of aromatic nitrogens is 3. The highest BCUT2D eigenvalue weighted by Gasteiger charge is 2.15. The topological polar surface area (TPSA) is 61.8 Å². The average Bonchev–Trinajstić information content (AvgIpc) is 3.00. The van der Waals surface area contributed by atoms with Gasteiger partial charge in [0.05, 0.1) is 18.0 Å². The maximum Gasteiger partial charge on any atom is 0.141 e. The molecule has 2 aromatic heterocycles. The van der Waals surface area contributed by atoms with Gasteiger partial charge in [0.2, 0.25) is 0 Å². The first-order chi connectivity index (χ1) is 12.3. The van der Waals surface area contributed by atoms with E-state index in [2.05, 4.69) is 35.7 Å². The lowest BCUT2D eigenvalue weighted by molar-refractivity contribution is 0.176. The normalized spacial score (nSPS) is 13.0. The van der Waals surface area contributed by atoms with Gasteiger partial charge in [-0.05, 0) is 29.5 Å². The SMILES string of the molecule is CC(C)(C)Cc1cnc(CC(O)c2ccc(-c3ccc(F)cn3)cc2)[nH]1. The van der Waals surface area contributed by atoms with Crippen LogP contribution >= 0.6 is 0 Å². The van der Waals surface area contributed by atoms with E-state index in [4.69, 9.17) is 0 Å². The molecule has 0 aliphatic heterocycles. The Hall–Kier alpha value is -2.53. The van der Waals surface area contributed by atoms with Crippen LogP contribution in [-0.2, 0) is 12.8 Å². The molecule has 3 rings (SSSR count). The zero-order valence-electron chi connectivity index (χ0n) is 15.3. The second-order valence-corrected chi connectivity index (χ2v) is 7.80. The first-order valence-corrected chi connectivity index (χ1v) is 8.73. The van der Waals surface area contributed by atoms with E-state index in [0.717, 1.165) is 29.1 Å². The Morgan fingerprint density at radius 1 is 1.04 bits per heavy atom. The minimum absolute atomic E-state index is 0.187. The molecule has 0 amide bonds. The molecule has 0 spiro atoms. The largest absolute Gasteiger partial charge is 0.388 e. The third-order valence-electron chi connectivity index (χ3n) is 4.11. The van der Waals surface area contributed by atoms with Gasteiger partial charge in [-0.3, -0.25) is 4.98 Å². The van der Waals surface area contributed by atoms with E-state index < -0.39 is 6.10 Å². The third kappa shape index (κ3) is 4.76. The molecule has 0 bridgehead atoms. The molecule has 1 unspecified atom stereocenters. The summed E-state index contributed by atoms with van der Waals surface area (Å²) in [6.45, 7) is 6.54. The summed E-state index contributed by atoms with van der Waals surface area (Å²) in [5.41, 5.74) is 3.66. The lowest BCUT2D eigenvalue weighted by atomic mass is 9.91. The second kappa shape index (κ2) is 7.38. The first kappa shape index (κ1) is 18.3. The standard InChI is InChI=1S/C21H24FN3O/c1-21(2,3)11-17-13-24-20(25-17)10-19(26)15-6-4-14(5-7-15)18-9-8-16(22)12-23-18/h4-9,12-13,19,26H,10-11H2,1-3H3,(H,24,25). The van der Waals surface area contributed by atoms with E-state index in [1.165, 1.54) is 12.3 Å². The number of pyridine rings is 1. The molecule has 3 aromatic rings. The number of imidazole rings is 1. The van der Waals surface area contributed by atoms with Crippen molar-refractivity contribution in [1.29, 1.82) is 0 Å². The minimum Gasteiger partial charge on any atom is -0.388 e. The van der Waals surface area contributed by atoms with Crippen LogP contribution < -0.4 is 0 Å². The number of hydrogen-bond donors (Lipinski definition) is 2. The molecule has 0 saturated heterocycles. The zero-order valence-corrected chi connectivity index (χ0v) is 15.3. The van der Waals surface area contributed by atoms with Crippen molar-refractivity contribution >= 4 is 0 Å². The van der Waals surface area contributed by atoms with Gasteiger partial charge < -0.3 is 10.1 Å². The third-order valence-corrected chi connectivity index (χ3v) is 4.11. The van der Waals surface area contributed by atoms with Crippen molar-refractivity contribution in [1.82, 2.24) is 15.0 Å². The Morgan fingerprint density at radius 3 is 2.38 bits per heavy atom. The quantitative estimate of drug-likeness (QED) is 0.711. The summed E-state index contributed by atoms with van der Waals surface area (Å²) >= 11 is 0. The summed E-state index contributed by atoms with van der Waals surface area (Å²) in [5.74, 6) is 0.422. The molecule has 0 saturated carbocycles. The van der Waals surface area contributed by atoms with Crippen molar-refractivity contribution in [2.24, 2.45) is 5.41 Å². The first-order valence-electron chi connectivity index (χ1n) is 8.73. The molecule has 1 aromatic carbocycles. The summed E-state index contributed by atoms with van der Waals surface area (Å²) in [4.78, 5) is 11.7. The smallest absolute Gasteiger partial charge is 0.141 e. The number of nitrogens with zero attached hydrogens (tertiary/aromatic N) is 2. The van der Waals surface area contributed by atoms with Gasteiger partial charge >= 0.3 is 0 Å². The lowest BCUT2D eigenvalue weighted by Gasteiger charge is -2.16. The fourth-order valence-electron chi connectivity index (χ4n) is 2.89. The molecule has 1 atom stereocenters. The average molecular weight is 353 g/mol. The molecule has 0 aliphatic carbocycles. The van der Waals surface area contributed by atoms with E-state index in [1.54, 1.807) is 6.07 Å².